The Balaban J connectivity index is 1.69. The molecule has 0 N–H and O–H groups in total. The predicted octanol–water partition coefficient (Wildman–Crippen LogP) is 6.45. The van der Waals surface area contributed by atoms with Gasteiger partial charge in [0.2, 0.25) is 0 Å². The summed E-state index contributed by atoms with van der Waals surface area (Å²) < 4.78 is 0. The molecule has 116 valence electrons. The maximum absolute atomic E-state index is 4.78. The highest BCUT2D eigenvalue weighted by atomic mass is 79.9. The van der Waals surface area contributed by atoms with E-state index in [0.717, 1.165) is 16.5 Å². The first kappa shape index (κ1) is 15.1. The van der Waals surface area contributed by atoms with Crippen LogP contribution in [0.1, 0.15) is 16.8 Å². The van der Waals surface area contributed by atoms with Crippen molar-refractivity contribution in [3.05, 3.63) is 89.6 Å². The van der Waals surface area contributed by atoms with E-state index in [-0.39, 0.29) is 0 Å². The molecule has 0 unspecified atom stereocenters. The number of nitrogens with zero attached hydrogens (tertiary/aromatic N) is 1. The average Bonchev–Trinajstić information content (AvgIpc) is 2.66. The lowest BCUT2D eigenvalue weighted by molar-refractivity contribution is 1.38. The molecular weight excluding hydrogens is 358 g/mol. The number of hydrogen-bond acceptors (Lipinski definition) is 1. The standard InChI is InChI=1S/C22H16BrN/c23-15-17-7-5-16(6-8-17)9-11-19-12-13-21-20-4-2-1-3-18(20)10-14-22(21)24-19/h1-14H,15H2/b11-9+. The van der Waals surface area contributed by atoms with Crippen LogP contribution < -0.4 is 0 Å². The van der Waals surface area contributed by atoms with E-state index in [1.165, 1.54) is 27.3 Å². The van der Waals surface area contributed by atoms with E-state index in [1.54, 1.807) is 0 Å². The van der Waals surface area contributed by atoms with Crippen molar-refractivity contribution in [3.8, 4) is 0 Å². The number of benzene rings is 3. The van der Waals surface area contributed by atoms with Crippen LogP contribution in [0.3, 0.4) is 0 Å². The van der Waals surface area contributed by atoms with Gasteiger partial charge in [-0.25, -0.2) is 4.98 Å². The fraction of sp³-hybridized carbons (Fsp3) is 0.0455. The molecule has 4 aromatic rings. The van der Waals surface area contributed by atoms with Crippen molar-refractivity contribution < 1.29 is 0 Å². The highest BCUT2D eigenvalue weighted by Gasteiger charge is 2.01. The molecule has 0 aliphatic heterocycles. The lowest BCUT2D eigenvalue weighted by Crippen LogP contribution is -1.85. The highest BCUT2D eigenvalue weighted by molar-refractivity contribution is 9.08. The van der Waals surface area contributed by atoms with E-state index in [9.17, 15) is 0 Å². The maximum atomic E-state index is 4.78. The zero-order valence-electron chi connectivity index (χ0n) is 13.1. The summed E-state index contributed by atoms with van der Waals surface area (Å²) in [5.41, 5.74) is 4.47. The minimum Gasteiger partial charge on any atom is -0.248 e. The van der Waals surface area contributed by atoms with E-state index in [1.807, 2.05) is 0 Å². The Kier molecular flexibility index (Phi) is 4.14. The van der Waals surface area contributed by atoms with Crippen LogP contribution in [0.15, 0.2) is 72.8 Å². The minimum atomic E-state index is 0.886. The van der Waals surface area contributed by atoms with Crippen molar-refractivity contribution in [2.75, 3.05) is 0 Å². The van der Waals surface area contributed by atoms with E-state index < -0.39 is 0 Å². The third kappa shape index (κ3) is 2.98. The van der Waals surface area contributed by atoms with Gasteiger partial charge in [0.1, 0.15) is 0 Å². The molecule has 4 rings (SSSR count). The Morgan fingerprint density at radius 3 is 2.42 bits per heavy atom. The fourth-order valence-corrected chi connectivity index (χ4v) is 3.27. The number of halogens is 1. The molecule has 1 nitrogen and oxygen atoms in total. The van der Waals surface area contributed by atoms with Gasteiger partial charge in [-0.15, -0.1) is 0 Å². The van der Waals surface area contributed by atoms with Gasteiger partial charge in [-0.3, -0.25) is 0 Å². The molecule has 24 heavy (non-hydrogen) atoms. The number of pyridine rings is 1. The van der Waals surface area contributed by atoms with Gasteiger partial charge in [-0.2, -0.15) is 0 Å². The zero-order chi connectivity index (χ0) is 16.4. The number of alkyl halides is 1. The summed E-state index contributed by atoms with van der Waals surface area (Å²) in [6, 6.07) is 25.4. The first-order valence-corrected chi connectivity index (χ1v) is 9.07. The Morgan fingerprint density at radius 1 is 0.750 bits per heavy atom. The lowest BCUT2D eigenvalue weighted by Gasteiger charge is -2.04. The first-order valence-electron chi connectivity index (χ1n) is 7.95. The van der Waals surface area contributed by atoms with Crippen molar-refractivity contribution in [2.24, 2.45) is 0 Å². The summed E-state index contributed by atoms with van der Waals surface area (Å²) in [5, 5.41) is 4.59. The Morgan fingerprint density at radius 2 is 1.58 bits per heavy atom. The monoisotopic (exact) mass is 373 g/mol. The Hall–Kier alpha value is -2.45. The SMILES string of the molecule is BrCc1ccc(/C=C/c2ccc3c(ccc4ccccc43)n2)cc1. The van der Waals surface area contributed by atoms with Crippen LogP contribution in [0, 0.1) is 0 Å². The van der Waals surface area contributed by atoms with Gasteiger partial charge in [0, 0.05) is 10.7 Å². The van der Waals surface area contributed by atoms with E-state index in [0.29, 0.717) is 0 Å². The van der Waals surface area contributed by atoms with Gasteiger partial charge < -0.3 is 0 Å². The highest BCUT2D eigenvalue weighted by Crippen LogP contribution is 2.24. The third-order valence-electron chi connectivity index (χ3n) is 4.20. The molecule has 0 saturated carbocycles. The average molecular weight is 374 g/mol. The van der Waals surface area contributed by atoms with Crippen LogP contribution in [0.2, 0.25) is 0 Å². The van der Waals surface area contributed by atoms with E-state index >= 15 is 0 Å². The summed E-state index contributed by atoms with van der Waals surface area (Å²) in [5.74, 6) is 0. The van der Waals surface area contributed by atoms with Crippen molar-refractivity contribution in [2.45, 2.75) is 5.33 Å². The van der Waals surface area contributed by atoms with Gasteiger partial charge in [0.15, 0.2) is 0 Å². The number of fused-ring (bicyclic) bond motifs is 3. The Labute approximate surface area is 149 Å². The lowest BCUT2D eigenvalue weighted by atomic mass is 10.0. The molecule has 0 bridgehead atoms. The quantitative estimate of drug-likeness (QED) is 0.296. The third-order valence-corrected chi connectivity index (χ3v) is 4.85. The molecule has 0 spiro atoms. The molecule has 0 fully saturated rings. The van der Waals surface area contributed by atoms with Crippen LogP contribution in [0.25, 0.3) is 33.8 Å². The van der Waals surface area contributed by atoms with Gasteiger partial charge in [0.25, 0.3) is 0 Å². The first-order chi connectivity index (χ1) is 11.8. The van der Waals surface area contributed by atoms with Gasteiger partial charge in [-0.05, 0) is 40.1 Å². The van der Waals surface area contributed by atoms with Gasteiger partial charge in [-0.1, -0.05) is 82.7 Å². The second kappa shape index (κ2) is 6.58. The topological polar surface area (TPSA) is 12.9 Å². The molecule has 0 saturated heterocycles. The van der Waals surface area contributed by atoms with Crippen molar-refractivity contribution in [1.82, 2.24) is 4.98 Å². The van der Waals surface area contributed by atoms with Crippen LogP contribution in [-0.2, 0) is 5.33 Å². The molecule has 2 heteroatoms. The van der Waals surface area contributed by atoms with Crippen LogP contribution >= 0.6 is 15.9 Å². The van der Waals surface area contributed by atoms with Gasteiger partial charge >= 0.3 is 0 Å². The molecule has 0 aliphatic rings. The van der Waals surface area contributed by atoms with Gasteiger partial charge in [0.05, 0.1) is 11.2 Å². The molecule has 1 heterocycles. The molecule has 0 amide bonds. The Bertz CT molecular complexity index is 1030. The van der Waals surface area contributed by atoms with E-state index in [4.69, 9.17) is 4.98 Å². The predicted molar refractivity (Wildman–Crippen MR) is 107 cm³/mol. The molecule has 3 aromatic carbocycles. The molecule has 0 atom stereocenters. The summed E-state index contributed by atoms with van der Waals surface area (Å²) in [6.07, 6.45) is 4.17. The number of hydrogen-bond donors (Lipinski definition) is 0. The number of aromatic nitrogens is 1. The molecular formula is C22H16BrN. The molecule has 0 aliphatic carbocycles. The van der Waals surface area contributed by atoms with Crippen LogP contribution in [-0.4, -0.2) is 4.98 Å². The second-order valence-electron chi connectivity index (χ2n) is 5.80. The minimum absolute atomic E-state index is 0.886. The smallest absolute Gasteiger partial charge is 0.0715 e. The van der Waals surface area contributed by atoms with Crippen molar-refractivity contribution in [1.29, 1.82) is 0 Å². The zero-order valence-corrected chi connectivity index (χ0v) is 14.7. The maximum Gasteiger partial charge on any atom is 0.0715 e. The van der Waals surface area contributed by atoms with Crippen molar-refractivity contribution in [3.63, 3.8) is 0 Å². The van der Waals surface area contributed by atoms with E-state index in [2.05, 4.69) is 101 Å². The largest absolute Gasteiger partial charge is 0.248 e. The van der Waals surface area contributed by atoms with Crippen molar-refractivity contribution >= 4 is 49.8 Å². The second-order valence-corrected chi connectivity index (χ2v) is 6.36. The summed E-state index contributed by atoms with van der Waals surface area (Å²) in [4.78, 5) is 4.78. The number of rotatable bonds is 3. The normalized spacial score (nSPS) is 11.5. The van der Waals surface area contributed by atoms with Crippen LogP contribution in [0.5, 0.6) is 0 Å². The molecule has 0 radical (unpaired) electrons. The van der Waals surface area contributed by atoms with Crippen LogP contribution in [0.4, 0.5) is 0 Å². The molecule has 1 aromatic heterocycles. The summed E-state index contributed by atoms with van der Waals surface area (Å²) >= 11 is 3.47. The summed E-state index contributed by atoms with van der Waals surface area (Å²) in [6.45, 7) is 0. The summed E-state index contributed by atoms with van der Waals surface area (Å²) in [7, 11) is 0. The fourth-order valence-electron chi connectivity index (χ4n) is 2.89.